The Morgan fingerprint density at radius 3 is 2.56 bits per heavy atom. The zero-order valence-electron chi connectivity index (χ0n) is 9.63. The lowest BCUT2D eigenvalue weighted by molar-refractivity contribution is 0.101. The van der Waals surface area contributed by atoms with Crippen LogP contribution in [0.4, 0.5) is 4.39 Å². The summed E-state index contributed by atoms with van der Waals surface area (Å²) in [6.07, 6.45) is 4.20. The van der Waals surface area contributed by atoms with Gasteiger partial charge in [0.25, 0.3) is 0 Å². The Morgan fingerprint density at radius 2 is 1.94 bits per heavy atom. The molecular weight excluding hydrogens is 203 g/mol. The molecule has 86 valence electrons. The molecule has 0 radical (unpaired) electrons. The first-order valence-electron chi connectivity index (χ1n) is 5.92. The zero-order chi connectivity index (χ0) is 11.6. The van der Waals surface area contributed by atoms with Gasteiger partial charge in [0.05, 0.1) is 0 Å². The molecule has 0 atom stereocenters. The number of carbonyl (C=O) groups is 1. The highest BCUT2D eigenvalue weighted by molar-refractivity contribution is 5.94. The molecule has 2 rings (SSSR count). The van der Waals surface area contributed by atoms with Gasteiger partial charge in [-0.3, -0.25) is 4.79 Å². The van der Waals surface area contributed by atoms with Crippen molar-refractivity contribution in [2.75, 3.05) is 0 Å². The third-order valence-corrected chi connectivity index (χ3v) is 3.43. The standard InChI is InChI=1S/C14H17FO/c1-11(16)12-6-5-7-13(10-12)14(15)8-3-2-4-9-14/h5-7,10H,2-4,8-9H2,1H3. The van der Waals surface area contributed by atoms with Crippen molar-refractivity contribution in [1.82, 2.24) is 0 Å². The fraction of sp³-hybridized carbons (Fsp3) is 0.500. The Hall–Kier alpha value is -1.18. The number of ketones is 1. The topological polar surface area (TPSA) is 17.1 Å². The highest BCUT2D eigenvalue weighted by Crippen LogP contribution is 2.40. The van der Waals surface area contributed by atoms with E-state index < -0.39 is 5.67 Å². The van der Waals surface area contributed by atoms with E-state index >= 15 is 0 Å². The Labute approximate surface area is 95.7 Å². The van der Waals surface area contributed by atoms with Crippen LogP contribution < -0.4 is 0 Å². The first kappa shape index (κ1) is 11.3. The minimum absolute atomic E-state index is 0.00117. The van der Waals surface area contributed by atoms with Crippen LogP contribution in [0.15, 0.2) is 24.3 Å². The normalized spacial score (nSPS) is 19.4. The molecular formula is C14H17FO. The van der Waals surface area contributed by atoms with Gasteiger partial charge in [-0.15, -0.1) is 0 Å². The van der Waals surface area contributed by atoms with E-state index in [0.717, 1.165) is 19.3 Å². The van der Waals surface area contributed by atoms with Crippen LogP contribution in [0.2, 0.25) is 0 Å². The summed E-state index contributed by atoms with van der Waals surface area (Å²) in [6, 6.07) is 7.05. The predicted octanol–water partition coefficient (Wildman–Crippen LogP) is 4.02. The fourth-order valence-corrected chi connectivity index (χ4v) is 2.42. The van der Waals surface area contributed by atoms with Gasteiger partial charge in [0, 0.05) is 5.56 Å². The average molecular weight is 220 g/mol. The van der Waals surface area contributed by atoms with E-state index in [9.17, 15) is 9.18 Å². The summed E-state index contributed by atoms with van der Waals surface area (Å²) < 4.78 is 14.6. The second-order valence-electron chi connectivity index (χ2n) is 4.66. The van der Waals surface area contributed by atoms with Crippen LogP contribution >= 0.6 is 0 Å². The summed E-state index contributed by atoms with van der Waals surface area (Å²) in [5.74, 6) is 0.00117. The molecule has 0 saturated heterocycles. The molecule has 1 aliphatic rings. The molecule has 0 bridgehead atoms. The van der Waals surface area contributed by atoms with Crippen LogP contribution in [0.3, 0.4) is 0 Å². The molecule has 1 nitrogen and oxygen atoms in total. The summed E-state index contributed by atoms with van der Waals surface area (Å²) in [5, 5.41) is 0. The van der Waals surface area contributed by atoms with E-state index in [1.165, 1.54) is 6.92 Å². The zero-order valence-corrected chi connectivity index (χ0v) is 9.63. The van der Waals surface area contributed by atoms with Crippen LogP contribution in [0, 0.1) is 0 Å². The first-order valence-corrected chi connectivity index (χ1v) is 5.92. The Bertz CT molecular complexity index is 391. The quantitative estimate of drug-likeness (QED) is 0.688. The van der Waals surface area contributed by atoms with Gasteiger partial charge in [-0.2, -0.15) is 0 Å². The number of rotatable bonds is 2. The number of benzene rings is 1. The van der Waals surface area contributed by atoms with Gasteiger partial charge in [0.15, 0.2) is 5.78 Å². The van der Waals surface area contributed by atoms with Gasteiger partial charge in [-0.05, 0) is 44.2 Å². The number of hydrogen-bond acceptors (Lipinski definition) is 1. The van der Waals surface area contributed by atoms with Gasteiger partial charge in [-0.25, -0.2) is 4.39 Å². The smallest absolute Gasteiger partial charge is 0.159 e. The largest absolute Gasteiger partial charge is 0.295 e. The number of alkyl halides is 1. The maximum atomic E-state index is 14.6. The lowest BCUT2D eigenvalue weighted by Crippen LogP contribution is -2.23. The molecule has 0 amide bonds. The van der Waals surface area contributed by atoms with Gasteiger partial charge < -0.3 is 0 Å². The summed E-state index contributed by atoms with van der Waals surface area (Å²) in [7, 11) is 0. The van der Waals surface area contributed by atoms with Crippen molar-refractivity contribution in [2.45, 2.75) is 44.7 Å². The van der Waals surface area contributed by atoms with Crippen LogP contribution in [-0.2, 0) is 5.67 Å². The number of hydrogen-bond donors (Lipinski definition) is 0. The van der Waals surface area contributed by atoms with Crippen molar-refractivity contribution in [3.8, 4) is 0 Å². The summed E-state index contributed by atoms with van der Waals surface area (Å²) in [5.41, 5.74) is 0.0870. The van der Waals surface area contributed by atoms with Gasteiger partial charge >= 0.3 is 0 Å². The van der Waals surface area contributed by atoms with Crippen molar-refractivity contribution >= 4 is 5.78 Å². The highest BCUT2D eigenvalue weighted by Gasteiger charge is 2.33. The van der Waals surface area contributed by atoms with E-state index in [1.54, 1.807) is 24.3 Å². The van der Waals surface area contributed by atoms with Crippen molar-refractivity contribution in [3.05, 3.63) is 35.4 Å². The number of halogens is 1. The Kier molecular flexibility index (Phi) is 3.08. The molecule has 0 aliphatic heterocycles. The molecule has 1 aliphatic carbocycles. The van der Waals surface area contributed by atoms with Crippen LogP contribution in [-0.4, -0.2) is 5.78 Å². The van der Waals surface area contributed by atoms with E-state index in [4.69, 9.17) is 0 Å². The van der Waals surface area contributed by atoms with E-state index in [-0.39, 0.29) is 5.78 Å². The summed E-state index contributed by atoms with van der Waals surface area (Å²) >= 11 is 0. The number of carbonyl (C=O) groups excluding carboxylic acids is 1. The molecule has 1 fully saturated rings. The highest BCUT2D eigenvalue weighted by atomic mass is 19.1. The van der Waals surface area contributed by atoms with E-state index in [1.807, 2.05) is 0 Å². The van der Waals surface area contributed by atoms with Crippen molar-refractivity contribution < 1.29 is 9.18 Å². The van der Waals surface area contributed by atoms with Crippen molar-refractivity contribution in [1.29, 1.82) is 0 Å². The molecule has 0 spiro atoms. The fourth-order valence-electron chi connectivity index (χ4n) is 2.42. The Morgan fingerprint density at radius 1 is 1.25 bits per heavy atom. The third-order valence-electron chi connectivity index (χ3n) is 3.43. The lowest BCUT2D eigenvalue weighted by Gasteiger charge is -2.30. The third kappa shape index (κ3) is 2.16. The Balaban J connectivity index is 2.31. The molecule has 2 heteroatoms. The molecule has 0 aromatic heterocycles. The molecule has 1 saturated carbocycles. The molecule has 1 aromatic carbocycles. The minimum atomic E-state index is -1.20. The van der Waals surface area contributed by atoms with Crippen LogP contribution in [0.25, 0.3) is 0 Å². The SMILES string of the molecule is CC(=O)c1cccc(C2(F)CCCCC2)c1. The van der Waals surface area contributed by atoms with Crippen LogP contribution in [0.5, 0.6) is 0 Å². The van der Waals surface area contributed by atoms with Crippen molar-refractivity contribution in [3.63, 3.8) is 0 Å². The maximum absolute atomic E-state index is 14.6. The summed E-state index contributed by atoms with van der Waals surface area (Å²) in [6.45, 7) is 1.52. The van der Waals surface area contributed by atoms with Gasteiger partial charge in [0.1, 0.15) is 5.67 Å². The minimum Gasteiger partial charge on any atom is -0.295 e. The monoisotopic (exact) mass is 220 g/mol. The van der Waals surface area contributed by atoms with Gasteiger partial charge in [-0.1, -0.05) is 24.6 Å². The summed E-state index contributed by atoms with van der Waals surface area (Å²) in [4.78, 5) is 11.3. The lowest BCUT2D eigenvalue weighted by atomic mass is 9.80. The molecule has 16 heavy (non-hydrogen) atoms. The maximum Gasteiger partial charge on any atom is 0.159 e. The number of Topliss-reactive ketones (excluding diaryl/α,β-unsaturated/α-hetero) is 1. The van der Waals surface area contributed by atoms with E-state index in [0.29, 0.717) is 24.0 Å². The van der Waals surface area contributed by atoms with Gasteiger partial charge in [0.2, 0.25) is 0 Å². The van der Waals surface area contributed by atoms with Crippen molar-refractivity contribution in [2.24, 2.45) is 0 Å². The molecule has 0 unspecified atom stereocenters. The second-order valence-corrected chi connectivity index (χ2v) is 4.66. The predicted molar refractivity (Wildman–Crippen MR) is 62.3 cm³/mol. The van der Waals surface area contributed by atoms with Crippen LogP contribution in [0.1, 0.15) is 54.9 Å². The average Bonchev–Trinajstić information content (AvgIpc) is 2.30. The first-order chi connectivity index (χ1) is 7.62. The molecule has 0 N–H and O–H groups in total. The molecule has 0 heterocycles. The second kappa shape index (κ2) is 4.36. The van der Waals surface area contributed by atoms with E-state index in [2.05, 4.69) is 0 Å². The molecule has 1 aromatic rings.